The molecule has 0 atom stereocenters. The van der Waals surface area contributed by atoms with Gasteiger partial charge in [-0.25, -0.2) is 4.98 Å². The van der Waals surface area contributed by atoms with Gasteiger partial charge in [0.05, 0.1) is 31.0 Å². The number of hydrogen-bond donors (Lipinski definition) is 3. The van der Waals surface area contributed by atoms with Crippen molar-refractivity contribution >= 4 is 22.5 Å². The van der Waals surface area contributed by atoms with E-state index in [1.807, 2.05) is 91.5 Å². The Morgan fingerprint density at radius 1 is 1.05 bits per heavy atom. The second-order valence-corrected chi connectivity index (χ2v) is 8.89. The molecule has 9 heteroatoms. The van der Waals surface area contributed by atoms with Crippen LogP contribution in [0.15, 0.2) is 85.3 Å². The molecule has 192 valence electrons. The van der Waals surface area contributed by atoms with Gasteiger partial charge in [-0.3, -0.25) is 4.79 Å². The Morgan fingerprint density at radius 3 is 2.66 bits per heavy atom. The Hall–Kier alpha value is -4.92. The molecule has 5 rings (SSSR count). The van der Waals surface area contributed by atoms with Gasteiger partial charge in [-0.2, -0.15) is 14.5 Å². The van der Waals surface area contributed by atoms with Gasteiger partial charge in [0.15, 0.2) is 6.20 Å². The van der Waals surface area contributed by atoms with E-state index in [9.17, 15) is 4.79 Å². The van der Waals surface area contributed by atoms with Gasteiger partial charge >= 0.3 is 5.88 Å². The van der Waals surface area contributed by atoms with Gasteiger partial charge in [0, 0.05) is 29.3 Å². The number of carbonyl (C=O) groups is 1. The quantitative estimate of drug-likeness (QED) is 0.263. The van der Waals surface area contributed by atoms with Gasteiger partial charge in [-0.05, 0) is 36.1 Å². The number of anilines is 1. The number of nitrogens with zero attached hydrogens (tertiary/aromatic N) is 4. The molecule has 4 N–H and O–H groups in total. The first-order valence-corrected chi connectivity index (χ1v) is 12.4. The number of nitrogens with two attached hydrogens (primary N) is 1. The lowest BCUT2D eigenvalue weighted by atomic mass is 10.1. The number of carbonyl (C=O) groups excluding carboxylic acids is 1. The average molecular weight is 509 g/mol. The highest BCUT2D eigenvalue weighted by atomic mass is 16.5. The number of benzene rings is 2. The predicted molar refractivity (Wildman–Crippen MR) is 147 cm³/mol. The van der Waals surface area contributed by atoms with E-state index in [-0.39, 0.29) is 5.91 Å². The number of fused-ring (bicyclic) bond motifs is 1. The smallest absolute Gasteiger partial charge is 0.367 e. The van der Waals surface area contributed by atoms with Crippen molar-refractivity contribution in [1.82, 2.24) is 20.2 Å². The minimum Gasteiger partial charge on any atom is -0.445 e. The molecular formula is C29H30N7O2+. The molecular weight excluding hydrogens is 478 g/mol. The fourth-order valence-electron chi connectivity index (χ4n) is 4.29. The van der Waals surface area contributed by atoms with Crippen LogP contribution in [-0.4, -0.2) is 27.4 Å². The number of rotatable bonds is 9. The normalized spacial score (nSPS) is 10.9. The van der Waals surface area contributed by atoms with Crippen molar-refractivity contribution in [2.45, 2.75) is 20.0 Å². The Bertz CT molecular complexity index is 1580. The van der Waals surface area contributed by atoms with Gasteiger partial charge in [-0.15, -0.1) is 0 Å². The number of nitrogens with one attached hydrogen (secondary N) is 2. The molecule has 5 aromatic rings. The number of aryl methyl sites for hydroxylation is 1. The monoisotopic (exact) mass is 508 g/mol. The summed E-state index contributed by atoms with van der Waals surface area (Å²) in [5, 5.41) is 9.59. The first kappa shape index (κ1) is 24.8. The highest BCUT2D eigenvalue weighted by molar-refractivity contribution is 6.00. The number of pyridine rings is 2. The maximum absolute atomic E-state index is 13.3. The number of amides is 1. The molecule has 1 amide bonds. The summed E-state index contributed by atoms with van der Waals surface area (Å²) in [4.78, 5) is 19.0. The molecule has 0 aliphatic heterocycles. The average Bonchev–Trinajstić information content (AvgIpc) is 3.37. The van der Waals surface area contributed by atoms with E-state index in [0.29, 0.717) is 36.8 Å². The van der Waals surface area contributed by atoms with Crippen LogP contribution in [0, 0.1) is 0 Å². The van der Waals surface area contributed by atoms with Crippen molar-refractivity contribution in [2.24, 2.45) is 7.05 Å². The van der Waals surface area contributed by atoms with Crippen molar-refractivity contribution in [1.29, 1.82) is 0 Å². The third-order valence-corrected chi connectivity index (χ3v) is 6.20. The molecule has 9 nitrogen and oxygen atoms in total. The molecule has 0 radical (unpaired) electrons. The van der Waals surface area contributed by atoms with E-state index in [1.165, 1.54) is 0 Å². The number of ether oxygens (including phenoxy) is 1. The number of nitrogen functional groups attached to an aromatic ring is 1. The molecule has 0 fully saturated rings. The third kappa shape index (κ3) is 5.41. The summed E-state index contributed by atoms with van der Waals surface area (Å²) in [6, 6.07) is 21.4. The standard InChI is InChI=1S/C29H29N7O2/c1-3-38-26-12-10-21(18-35(26)2)17-33-36-19-25(27(34-36)22-7-5-4-6-8-22)29(37)32-16-20-9-11-24-23(15-20)13-14-31-28(24)30/h4-15,18-19,33H,3,16-17H2,1-2H3,(H2-,30,31,32,37)/p+1. The third-order valence-electron chi connectivity index (χ3n) is 6.20. The molecule has 2 aromatic carbocycles. The van der Waals surface area contributed by atoms with Crippen molar-refractivity contribution in [2.75, 3.05) is 17.8 Å². The van der Waals surface area contributed by atoms with Crippen LogP contribution in [0.4, 0.5) is 5.82 Å². The van der Waals surface area contributed by atoms with Crippen molar-refractivity contribution in [3.05, 3.63) is 102 Å². The molecule has 38 heavy (non-hydrogen) atoms. The van der Waals surface area contributed by atoms with Crippen LogP contribution < -0.4 is 25.8 Å². The molecule has 3 aromatic heterocycles. The van der Waals surface area contributed by atoms with E-state index in [2.05, 4.69) is 20.8 Å². The van der Waals surface area contributed by atoms with Crippen LogP contribution in [0.5, 0.6) is 5.88 Å². The maximum atomic E-state index is 13.3. The summed E-state index contributed by atoms with van der Waals surface area (Å²) in [5.41, 5.74) is 13.2. The van der Waals surface area contributed by atoms with Crippen LogP contribution in [-0.2, 0) is 20.1 Å². The fourth-order valence-corrected chi connectivity index (χ4v) is 4.29. The second kappa shape index (κ2) is 11.0. The minimum atomic E-state index is -0.210. The molecule has 3 heterocycles. The van der Waals surface area contributed by atoms with Crippen LogP contribution in [0.25, 0.3) is 22.0 Å². The lowest BCUT2D eigenvalue weighted by Gasteiger charge is -2.08. The largest absolute Gasteiger partial charge is 0.445 e. The minimum absolute atomic E-state index is 0.210. The second-order valence-electron chi connectivity index (χ2n) is 8.89. The van der Waals surface area contributed by atoms with Crippen molar-refractivity contribution in [3.8, 4) is 17.1 Å². The topological polar surface area (TPSA) is 111 Å². The molecule has 0 aliphatic carbocycles. The summed E-state index contributed by atoms with van der Waals surface area (Å²) < 4.78 is 7.54. The summed E-state index contributed by atoms with van der Waals surface area (Å²) in [6.07, 6.45) is 5.40. The van der Waals surface area contributed by atoms with Gasteiger partial charge in [0.25, 0.3) is 5.91 Å². The SMILES string of the molecule is CCOc1ccc(CNn2cc(C(=O)NCc3ccc4c(N)nccc4c3)c(-c3ccccc3)n2)c[n+]1C. The van der Waals surface area contributed by atoms with Gasteiger partial charge in [0.1, 0.15) is 18.6 Å². The Morgan fingerprint density at radius 2 is 1.87 bits per heavy atom. The summed E-state index contributed by atoms with van der Waals surface area (Å²) >= 11 is 0. The zero-order valence-corrected chi connectivity index (χ0v) is 21.4. The van der Waals surface area contributed by atoms with E-state index in [4.69, 9.17) is 10.5 Å². The van der Waals surface area contributed by atoms with Crippen LogP contribution >= 0.6 is 0 Å². The Balaban J connectivity index is 1.34. The zero-order valence-electron chi connectivity index (χ0n) is 21.4. The van der Waals surface area contributed by atoms with Crippen molar-refractivity contribution in [3.63, 3.8) is 0 Å². The summed E-state index contributed by atoms with van der Waals surface area (Å²) in [6.45, 7) is 3.46. The molecule has 0 spiro atoms. The first-order chi connectivity index (χ1) is 18.5. The lowest BCUT2D eigenvalue weighted by molar-refractivity contribution is -0.677. The predicted octanol–water partition coefficient (Wildman–Crippen LogP) is 3.58. The maximum Gasteiger partial charge on any atom is 0.367 e. The van der Waals surface area contributed by atoms with E-state index in [0.717, 1.165) is 33.3 Å². The van der Waals surface area contributed by atoms with Crippen molar-refractivity contribution < 1.29 is 14.1 Å². The first-order valence-electron chi connectivity index (χ1n) is 12.4. The molecule has 0 saturated heterocycles. The summed E-state index contributed by atoms with van der Waals surface area (Å²) in [5.74, 6) is 1.08. The van der Waals surface area contributed by atoms with Crippen LogP contribution in [0.2, 0.25) is 0 Å². The zero-order chi connectivity index (χ0) is 26.5. The van der Waals surface area contributed by atoms with Gasteiger partial charge < -0.3 is 21.2 Å². The summed E-state index contributed by atoms with van der Waals surface area (Å²) in [7, 11) is 1.94. The highest BCUT2D eigenvalue weighted by Gasteiger charge is 2.18. The van der Waals surface area contributed by atoms with E-state index < -0.39 is 0 Å². The Labute approximate surface area is 220 Å². The van der Waals surface area contributed by atoms with Gasteiger partial charge in [-0.1, -0.05) is 42.5 Å². The van der Waals surface area contributed by atoms with E-state index in [1.54, 1.807) is 17.2 Å². The van der Waals surface area contributed by atoms with Crippen LogP contribution in [0.3, 0.4) is 0 Å². The number of hydrogen-bond acceptors (Lipinski definition) is 6. The highest BCUT2D eigenvalue weighted by Crippen LogP contribution is 2.23. The molecule has 0 unspecified atom stereocenters. The molecule has 0 aliphatic rings. The lowest BCUT2D eigenvalue weighted by Crippen LogP contribution is -2.31. The Kier molecular flexibility index (Phi) is 7.17. The van der Waals surface area contributed by atoms with Gasteiger partial charge in [0.2, 0.25) is 0 Å². The fraction of sp³-hybridized carbons (Fsp3) is 0.172. The number of aromatic nitrogens is 4. The van der Waals surface area contributed by atoms with Crippen LogP contribution in [0.1, 0.15) is 28.4 Å². The molecule has 0 bridgehead atoms. The van der Waals surface area contributed by atoms with E-state index >= 15 is 0 Å². The molecule has 0 saturated carbocycles.